The van der Waals surface area contributed by atoms with Crippen LogP contribution in [0.4, 0.5) is 0 Å². The highest BCUT2D eigenvalue weighted by Crippen LogP contribution is 2.57. The van der Waals surface area contributed by atoms with Crippen molar-refractivity contribution in [3.05, 3.63) is 0 Å². The summed E-state index contributed by atoms with van der Waals surface area (Å²) >= 11 is 1.62. The molecule has 5 heteroatoms. The number of thioether (sulfide) groups is 1. The van der Waals surface area contributed by atoms with Gasteiger partial charge in [0.25, 0.3) is 0 Å². The van der Waals surface area contributed by atoms with E-state index in [0.717, 1.165) is 0 Å². The third kappa shape index (κ3) is 1.66. The molecule has 1 N–H and O–H groups in total. The number of hydrogen-bond donors (Lipinski definition) is 1. The van der Waals surface area contributed by atoms with Crippen LogP contribution in [-0.2, 0) is 9.59 Å². The van der Waals surface area contributed by atoms with Crippen LogP contribution in [0.2, 0.25) is 0 Å². The molecule has 2 heterocycles. The van der Waals surface area contributed by atoms with Crippen LogP contribution in [0.15, 0.2) is 0 Å². The van der Waals surface area contributed by atoms with Crippen LogP contribution in [0.5, 0.6) is 0 Å². The minimum atomic E-state index is -0.897. The SMILES string of the molecule is CC(C)(C)C1C(=O)N2[C@@H]1SC(C)(C)[C@@H]2C(=O)O. The summed E-state index contributed by atoms with van der Waals surface area (Å²) in [5, 5.41) is 9.30. The monoisotopic (exact) mass is 257 g/mol. The van der Waals surface area contributed by atoms with Crippen LogP contribution in [-0.4, -0.2) is 38.0 Å². The van der Waals surface area contributed by atoms with Gasteiger partial charge in [0, 0.05) is 4.75 Å². The zero-order valence-electron chi connectivity index (χ0n) is 10.9. The summed E-state index contributed by atoms with van der Waals surface area (Å²) in [4.78, 5) is 25.0. The number of carbonyl (C=O) groups excluding carboxylic acids is 1. The number of fused-ring (bicyclic) bond motifs is 1. The number of β-lactam (4-membered cyclic amide) rings is 1. The number of rotatable bonds is 1. The van der Waals surface area contributed by atoms with Crippen molar-refractivity contribution in [3.63, 3.8) is 0 Å². The summed E-state index contributed by atoms with van der Waals surface area (Å²) in [6.07, 6.45) is 0. The molecule has 1 amide bonds. The lowest BCUT2D eigenvalue weighted by Crippen LogP contribution is -2.65. The Balaban J connectivity index is 2.31. The summed E-state index contributed by atoms with van der Waals surface area (Å²) in [7, 11) is 0. The number of nitrogens with zero attached hydrogens (tertiary/aromatic N) is 1. The summed E-state index contributed by atoms with van der Waals surface area (Å²) < 4.78 is -0.411. The molecule has 0 spiro atoms. The van der Waals surface area contributed by atoms with E-state index < -0.39 is 16.8 Å². The third-order valence-electron chi connectivity index (χ3n) is 3.61. The lowest BCUT2D eigenvalue weighted by Gasteiger charge is -2.49. The number of aliphatic carboxylic acids is 1. The van der Waals surface area contributed by atoms with Crippen molar-refractivity contribution in [1.29, 1.82) is 0 Å². The van der Waals surface area contributed by atoms with Crippen molar-refractivity contribution in [3.8, 4) is 0 Å². The van der Waals surface area contributed by atoms with Gasteiger partial charge in [0.05, 0.1) is 11.3 Å². The summed E-state index contributed by atoms with van der Waals surface area (Å²) in [6.45, 7) is 9.92. The first-order chi connectivity index (χ1) is 7.57. The number of hydrogen-bond acceptors (Lipinski definition) is 3. The molecule has 2 rings (SSSR count). The molecule has 0 radical (unpaired) electrons. The Morgan fingerprint density at radius 2 is 1.94 bits per heavy atom. The average molecular weight is 257 g/mol. The van der Waals surface area contributed by atoms with E-state index in [1.807, 2.05) is 34.6 Å². The molecule has 4 nitrogen and oxygen atoms in total. The zero-order valence-corrected chi connectivity index (χ0v) is 11.7. The van der Waals surface area contributed by atoms with Gasteiger partial charge in [-0.15, -0.1) is 11.8 Å². The van der Waals surface area contributed by atoms with Crippen molar-refractivity contribution in [2.24, 2.45) is 11.3 Å². The maximum atomic E-state index is 12.1. The predicted molar refractivity (Wildman–Crippen MR) is 66.7 cm³/mol. The normalized spacial score (nSPS) is 35.5. The fraction of sp³-hybridized carbons (Fsp3) is 0.833. The lowest BCUT2D eigenvalue weighted by atomic mass is 9.74. The smallest absolute Gasteiger partial charge is 0.327 e. The van der Waals surface area contributed by atoms with Gasteiger partial charge in [-0.3, -0.25) is 4.79 Å². The number of carbonyl (C=O) groups is 2. The van der Waals surface area contributed by atoms with Crippen molar-refractivity contribution in [2.45, 2.75) is 50.8 Å². The summed E-state index contributed by atoms with van der Waals surface area (Å²) in [6, 6.07) is -0.691. The third-order valence-corrected chi connectivity index (χ3v) is 5.18. The fourth-order valence-corrected chi connectivity index (χ4v) is 4.78. The molecule has 0 aromatic heterocycles. The van der Waals surface area contributed by atoms with Gasteiger partial charge in [-0.2, -0.15) is 0 Å². The molecule has 17 heavy (non-hydrogen) atoms. The number of carboxylic acid groups (broad SMARTS) is 1. The first-order valence-electron chi connectivity index (χ1n) is 5.80. The molecule has 0 aromatic carbocycles. The molecule has 2 saturated heterocycles. The summed E-state index contributed by atoms with van der Waals surface area (Å²) in [5.74, 6) is -0.963. The van der Waals surface area contributed by atoms with E-state index in [0.29, 0.717) is 0 Å². The van der Waals surface area contributed by atoms with Gasteiger partial charge in [-0.1, -0.05) is 20.8 Å². The topological polar surface area (TPSA) is 57.6 Å². The van der Waals surface area contributed by atoms with Crippen LogP contribution >= 0.6 is 11.8 Å². The summed E-state index contributed by atoms with van der Waals surface area (Å²) in [5.41, 5.74) is -0.102. The highest BCUT2D eigenvalue weighted by Gasteiger charge is 2.65. The molecule has 1 unspecified atom stereocenters. The molecule has 0 saturated carbocycles. The highest BCUT2D eigenvalue weighted by atomic mass is 32.2. The van der Waals surface area contributed by atoms with E-state index >= 15 is 0 Å². The van der Waals surface area contributed by atoms with Crippen molar-refractivity contribution in [2.75, 3.05) is 0 Å². The van der Waals surface area contributed by atoms with E-state index in [9.17, 15) is 14.7 Å². The second kappa shape index (κ2) is 3.40. The van der Waals surface area contributed by atoms with Gasteiger partial charge >= 0.3 is 5.97 Å². The quantitative estimate of drug-likeness (QED) is 0.728. The van der Waals surface area contributed by atoms with Gasteiger partial charge in [-0.25, -0.2) is 4.79 Å². The first kappa shape index (κ1) is 12.7. The van der Waals surface area contributed by atoms with E-state index in [1.54, 1.807) is 16.7 Å². The van der Waals surface area contributed by atoms with E-state index in [2.05, 4.69) is 0 Å². The predicted octanol–water partition coefficient (Wildman–Crippen LogP) is 1.80. The van der Waals surface area contributed by atoms with Gasteiger partial charge in [0.15, 0.2) is 0 Å². The zero-order chi connectivity index (χ0) is 13.2. The molecule has 2 aliphatic heterocycles. The van der Waals surface area contributed by atoms with Crippen molar-refractivity contribution < 1.29 is 14.7 Å². The van der Waals surface area contributed by atoms with Gasteiger partial charge < -0.3 is 10.0 Å². The molecule has 2 fully saturated rings. The maximum Gasteiger partial charge on any atom is 0.327 e. The van der Waals surface area contributed by atoms with E-state index in [1.165, 1.54) is 0 Å². The molecule has 0 bridgehead atoms. The van der Waals surface area contributed by atoms with Gasteiger partial charge in [-0.05, 0) is 19.3 Å². The molecular weight excluding hydrogens is 238 g/mol. The van der Waals surface area contributed by atoms with E-state index in [-0.39, 0.29) is 22.6 Å². The molecule has 0 aromatic rings. The Morgan fingerprint density at radius 1 is 1.41 bits per heavy atom. The van der Waals surface area contributed by atoms with Gasteiger partial charge in [0.1, 0.15) is 6.04 Å². The minimum Gasteiger partial charge on any atom is -0.480 e. The van der Waals surface area contributed by atoms with Gasteiger partial charge in [0.2, 0.25) is 5.91 Å². The van der Waals surface area contributed by atoms with Crippen LogP contribution in [0.25, 0.3) is 0 Å². The first-order valence-corrected chi connectivity index (χ1v) is 6.68. The highest BCUT2D eigenvalue weighted by molar-refractivity contribution is 8.01. The Labute approximate surface area is 106 Å². The molecule has 2 aliphatic rings. The molecular formula is C12H19NO3S. The largest absolute Gasteiger partial charge is 0.480 e. The Bertz CT molecular complexity index is 386. The second-order valence-corrected chi connectivity index (χ2v) is 8.21. The van der Waals surface area contributed by atoms with Crippen LogP contribution in [0.3, 0.4) is 0 Å². The molecule has 96 valence electrons. The fourth-order valence-electron chi connectivity index (χ4n) is 2.81. The Hall–Kier alpha value is -0.710. The Kier molecular flexibility index (Phi) is 2.55. The maximum absolute atomic E-state index is 12.1. The number of amides is 1. The number of carboxylic acids is 1. The standard InChI is InChI=1S/C12H19NO3S/c1-11(2,3)6-8(14)13-7(10(15)16)12(4,5)17-9(6)13/h6-7,9H,1-5H3,(H,15,16)/t6?,7-,9+/m0/s1. The minimum absolute atomic E-state index is 0.00650. The molecule has 0 aliphatic carbocycles. The van der Waals surface area contributed by atoms with Crippen LogP contribution < -0.4 is 0 Å². The van der Waals surface area contributed by atoms with E-state index in [4.69, 9.17) is 0 Å². The Morgan fingerprint density at radius 3 is 2.35 bits per heavy atom. The second-order valence-electron chi connectivity index (χ2n) is 6.44. The average Bonchev–Trinajstić information content (AvgIpc) is 2.31. The molecule has 3 atom stereocenters. The van der Waals surface area contributed by atoms with Crippen LogP contribution in [0.1, 0.15) is 34.6 Å². The lowest BCUT2D eigenvalue weighted by molar-refractivity contribution is -0.168. The van der Waals surface area contributed by atoms with Crippen molar-refractivity contribution in [1.82, 2.24) is 4.90 Å². The van der Waals surface area contributed by atoms with Crippen molar-refractivity contribution >= 4 is 23.6 Å². The van der Waals surface area contributed by atoms with Crippen LogP contribution in [0, 0.1) is 11.3 Å².